The monoisotopic (exact) mass is 260 g/mol. The summed E-state index contributed by atoms with van der Waals surface area (Å²) in [5.74, 6) is 0.272. The van der Waals surface area contributed by atoms with Gasteiger partial charge in [0.2, 0.25) is 0 Å². The van der Waals surface area contributed by atoms with Crippen molar-refractivity contribution in [1.29, 1.82) is 0 Å². The second-order valence-corrected chi connectivity index (χ2v) is 6.15. The zero-order chi connectivity index (χ0) is 13.1. The number of nitrogens with one attached hydrogen (secondary N) is 1. The van der Waals surface area contributed by atoms with Crippen LogP contribution >= 0.6 is 0 Å². The molecule has 98 valence electrons. The average molecular weight is 260 g/mol. The van der Waals surface area contributed by atoms with Gasteiger partial charge in [0.15, 0.2) is 5.03 Å². The number of nitrogens with zero attached hydrogens (tertiary/aromatic N) is 2. The van der Waals surface area contributed by atoms with Crippen LogP contribution in [0.2, 0.25) is 0 Å². The van der Waals surface area contributed by atoms with Crippen molar-refractivity contribution >= 4 is 10.0 Å². The Morgan fingerprint density at radius 1 is 1.53 bits per heavy atom. The van der Waals surface area contributed by atoms with Gasteiger partial charge < -0.3 is 5.73 Å². The molecule has 0 bridgehead atoms. The van der Waals surface area contributed by atoms with Gasteiger partial charge in [-0.15, -0.1) is 0 Å². The first-order valence-corrected chi connectivity index (χ1v) is 7.09. The molecule has 17 heavy (non-hydrogen) atoms. The molecule has 7 heteroatoms. The Hall–Kier alpha value is -0.920. The molecule has 1 aromatic rings. The predicted molar refractivity (Wildman–Crippen MR) is 65.7 cm³/mol. The third-order valence-electron chi connectivity index (χ3n) is 2.42. The summed E-state index contributed by atoms with van der Waals surface area (Å²) < 4.78 is 26.1. The van der Waals surface area contributed by atoms with E-state index in [1.54, 1.807) is 0 Å². The second kappa shape index (κ2) is 5.61. The molecule has 0 fully saturated rings. The smallest absolute Gasteiger partial charge is 0.260 e. The number of hydrogen-bond donors (Lipinski definition) is 2. The van der Waals surface area contributed by atoms with E-state index in [0.29, 0.717) is 18.7 Å². The molecule has 6 nitrogen and oxygen atoms in total. The van der Waals surface area contributed by atoms with Crippen LogP contribution in [0.5, 0.6) is 0 Å². The average Bonchev–Trinajstić information content (AvgIpc) is 2.73. The van der Waals surface area contributed by atoms with Crippen LogP contribution in [0.3, 0.4) is 0 Å². The first kappa shape index (κ1) is 14.1. The molecule has 0 aliphatic rings. The maximum Gasteiger partial charge on any atom is 0.260 e. The van der Waals surface area contributed by atoms with Crippen molar-refractivity contribution in [1.82, 2.24) is 14.5 Å². The summed E-state index contributed by atoms with van der Waals surface area (Å²) in [6.07, 6.45) is 1.45. The molecule has 0 aliphatic carbocycles. The maximum atomic E-state index is 12.3. The Morgan fingerprint density at radius 3 is 2.65 bits per heavy atom. The van der Waals surface area contributed by atoms with Gasteiger partial charge in [0.25, 0.3) is 10.0 Å². The summed E-state index contributed by atoms with van der Waals surface area (Å²) in [5.41, 5.74) is 6.01. The lowest BCUT2D eigenvalue weighted by Crippen LogP contribution is -2.34. The molecule has 1 heterocycles. The molecule has 0 saturated carbocycles. The molecule has 0 aromatic carbocycles. The Bertz CT molecular complexity index is 453. The van der Waals surface area contributed by atoms with E-state index < -0.39 is 10.0 Å². The van der Waals surface area contributed by atoms with Crippen molar-refractivity contribution < 1.29 is 8.42 Å². The van der Waals surface area contributed by atoms with Gasteiger partial charge in [-0.1, -0.05) is 20.8 Å². The largest absolute Gasteiger partial charge is 0.326 e. The summed E-state index contributed by atoms with van der Waals surface area (Å²) in [4.78, 5) is 0. The molecule has 0 spiro atoms. The van der Waals surface area contributed by atoms with Crippen LogP contribution in [-0.4, -0.2) is 36.0 Å². The lowest BCUT2D eigenvalue weighted by Gasteiger charge is -2.21. The van der Waals surface area contributed by atoms with Crippen LogP contribution in [0.4, 0.5) is 0 Å². The number of aromatic nitrogens is 2. The minimum Gasteiger partial charge on any atom is -0.326 e. The summed E-state index contributed by atoms with van der Waals surface area (Å²) >= 11 is 0. The third kappa shape index (κ3) is 3.05. The zero-order valence-corrected chi connectivity index (χ0v) is 11.3. The van der Waals surface area contributed by atoms with Gasteiger partial charge in [0, 0.05) is 25.2 Å². The number of sulfonamides is 1. The van der Waals surface area contributed by atoms with Gasteiger partial charge in [-0.3, -0.25) is 5.10 Å². The first-order chi connectivity index (χ1) is 7.93. The maximum absolute atomic E-state index is 12.3. The summed E-state index contributed by atoms with van der Waals surface area (Å²) in [5, 5.41) is 6.38. The van der Waals surface area contributed by atoms with E-state index in [9.17, 15) is 8.42 Å². The summed E-state index contributed by atoms with van der Waals surface area (Å²) in [7, 11) is -3.51. The van der Waals surface area contributed by atoms with E-state index in [0.717, 1.165) is 0 Å². The molecule has 0 atom stereocenters. The molecular weight excluding hydrogens is 240 g/mol. The van der Waals surface area contributed by atoms with E-state index in [1.807, 2.05) is 20.8 Å². The van der Waals surface area contributed by atoms with Crippen LogP contribution in [0.25, 0.3) is 0 Å². The fraction of sp³-hybridized carbons (Fsp3) is 0.700. The van der Waals surface area contributed by atoms with Crippen LogP contribution in [0, 0.1) is 5.92 Å². The van der Waals surface area contributed by atoms with E-state index in [-0.39, 0.29) is 17.5 Å². The molecular formula is C10H20N4O2S. The van der Waals surface area contributed by atoms with E-state index >= 15 is 0 Å². The quantitative estimate of drug-likeness (QED) is 0.780. The van der Waals surface area contributed by atoms with Crippen LogP contribution in [0.15, 0.2) is 11.2 Å². The van der Waals surface area contributed by atoms with Gasteiger partial charge in [0.1, 0.15) is 0 Å². The fourth-order valence-electron chi connectivity index (χ4n) is 1.60. The van der Waals surface area contributed by atoms with Crippen molar-refractivity contribution in [2.24, 2.45) is 11.7 Å². The summed E-state index contributed by atoms with van der Waals surface area (Å²) in [6.45, 7) is 6.86. The highest BCUT2D eigenvalue weighted by atomic mass is 32.2. The minimum atomic E-state index is -3.51. The normalized spacial score (nSPS) is 12.6. The van der Waals surface area contributed by atoms with Crippen molar-refractivity contribution in [3.63, 3.8) is 0 Å². The van der Waals surface area contributed by atoms with Crippen LogP contribution in [-0.2, 0) is 16.6 Å². The number of H-pyrrole nitrogens is 1. The highest BCUT2D eigenvalue weighted by Gasteiger charge is 2.27. The SMILES string of the molecule is CCN(CC(C)C)S(=O)(=O)c1[nH]ncc1CN. The van der Waals surface area contributed by atoms with Crippen molar-refractivity contribution in [2.75, 3.05) is 13.1 Å². The molecule has 3 N–H and O–H groups in total. The standard InChI is InChI=1S/C10H20N4O2S/c1-4-14(7-8(2)3)17(15,16)10-9(5-11)6-12-13-10/h6,8H,4-5,7,11H2,1-3H3,(H,12,13). The zero-order valence-electron chi connectivity index (χ0n) is 10.5. The van der Waals surface area contributed by atoms with Gasteiger partial charge in [-0.05, 0) is 5.92 Å². The topological polar surface area (TPSA) is 92.1 Å². The van der Waals surface area contributed by atoms with Crippen molar-refractivity contribution in [2.45, 2.75) is 32.3 Å². The molecule has 0 amide bonds. The molecule has 0 saturated heterocycles. The molecule has 0 aliphatic heterocycles. The Balaban J connectivity index is 3.08. The number of hydrogen-bond acceptors (Lipinski definition) is 4. The predicted octanol–water partition coefficient (Wildman–Crippen LogP) is 0.535. The molecule has 1 rings (SSSR count). The van der Waals surface area contributed by atoms with Gasteiger partial charge in [-0.25, -0.2) is 8.42 Å². The molecule has 0 radical (unpaired) electrons. The lowest BCUT2D eigenvalue weighted by molar-refractivity contribution is 0.379. The van der Waals surface area contributed by atoms with E-state index in [4.69, 9.17) is 5.73 Å². The molecule has 1 aromatic heterocycles. The van der Waals surface area contributed by atoms with Crippen molar-refractivity contribution in [3.8, 4) is 0 Å². The Morgan fingerprint density at radius 2 is 2.18 bits per heavy atom. The fourth-order valence-corrected chi connectivity index (χ4v) is 3.33. The second-order valence-electron chi connectivity index (χ2n) is 4.28. The molecule has 0 unspecified atom stereocenters. The number of nitrogens with two attached hydrogens (primary N) is 1. The number of rotatable bonds is 6. The van der Waals surface area contributed by atoms with Crippen LogP contribution in [0.1, 0.15) is 26.3 Å². The number of aromatic amines is 1. The summed E-state index contributed by atoms with van der Waals surface area (Å²) in [6, 6.07) is 0. The highest BCUT2D eigenvalue weighted by Crippen LogP contribution is 2.18. The third-order valence-corrected chi connectivity index (χ3v) is 4.37. The minimum absolute atomic E-state index is 0.113. The Labute approximate surface area is 102 Å². The highest BCUT2D eigenvalue weighted by molar-refractivity contribution is 7.89. The van der Waals surface area contributed by atoms with E-state index in [2.05, 4.69) is 10.2 Å². The van der Waals surface area contributed by atoms with Crippen molar-refractivity contribution in [3.05, 3.63) is 11.8 Å². The Kier molecular flexibility index (Phi) is 4.67. The van der Waals surface area contributed by atoms with E-state index in [1.165, 1.54) is 10.5 Å². The lowest BCUT2D eigenvalue weighted by atomic mass is 10.2. The first-order valence-electron chi connectivity index (χ1n) is 5.65. The van der Waals surface area contributed by atoms with Crippen LogP contribution < -0.4 is 5.73 Å². The van der Waals surface area contributed by atoms with Gasteiger partial charge in [-0.2, -0.15) is 9.40 Å². The van der Waals surface area contributed by atoms with Gasteiger partial charge >= 0.3 is 0 Å². The van der Waals surface area contributed by atoms with Gasteiger partial charge in [0.05, 0.1) is 6.20 Å².